The molecule has 0 aliphatic carbocycles. The monoisotopic (exact) mass is 326 g/mol. The summed E-state index contributed by atoms with van der Waals surface area (Å²) in [7, 11) is 0. The maximum atomic E-state index is 10.1. The first-order valence-electron chi connectivity index (χ1n) is 3.45. The van der Waals surface area contributed by atoms with E-state index in [2.05, 4.69) is 20.8 Å². The van der Waals surface area contributed by atoms with Crippen LogP contribution in [0, 0.1) is 11.8 Å². The molecule has 0 aliphatic heterocycles. The molecule has 2 heteroatoms. The van der Waals surface area contributed by atoms with Crippen LogP contribution in [0.3, 0.4) is 0 Å². The molecule has 0 radical (unpaired) electrons. The summed E-state index contributed by atoms with van der Waals surface area (Å²) >= 11 is 0. The van der Waals surface area contributed by atoms with Crippen LogP contribution in [0.15, 0.2) is 0 Å². The predicted octanol–water partition coefficient (Wildman–Crippen LogP) is 2.81. The largest absolute Gasteiger partial charge is 2.00 e. The van der Waals surface area contributed by atoms with E-state index in [9.17, 15) is 4.79 Å². The molecular formula is C9H18OW. The van der Waals surface area contributed by atoms with Gasteiger partial charge in [-0.1, -0.05) is 0 Å². The van der Waals surface area contributed by atoms with Gasteiger partial charge in [0.15, 0.2) is 0 Å². The number of carbonyl (C=O) groups excluding carboxylic acids is 1. The van der Waals surface area contributed by atoms with Gasteiger partial charge in [-0.3, -0.25) is 0 Å². The molecular weight excluding hydrogens is 308 g/mol. The van der Waals surface area contributed by atoms with Crippen LogP contribution in [0.5, 0.6) is 0 Å². The fourth-order valence-corrected chi connectivity index (χ4v) is 0. The zero-order chi connectivity index (χ0) is 8.73. The quantitative estimate of drug-likeness (QED) is 0.677. The summed E-state index contributed by atoms with van der Waals surface area (Å²) in [4.78, 5) is 10.1. The van der Waals surface area contributed by atoms with Crippen LogP contribution in [0.4, 0.5) is 0 Å². The fourth-order valence-electron chi connectivity index (χ4n) is 0. The number of ketones is 1. The van der Waals surface area contributed by atoms with Crippen LogP contribution in [0.25, 0.3) is 0 Å². The van der Waals surface area contributed by atoms with Crippen LogP contribution in [0.1, 0.15) is 41.5 Å². The molecule has 0 spiro atoms. The van der Waals surface area contributed by atoms with Gasteiger partial charge in [0.25, 0.3) is 0 Å². The van der Waals surface area contributed by atoms with Crippen LogP contribution in [-0.4, -0.2) is 5.78 Å². The van der Waals surface area contributed by atoms with Gasteiger partial charge in [0.05, 0.1) is 0 Å². The molecule has 0 aromatic carbocycles. The summed E-state index contributed by atoms with van der Waals surface area (Å²) in [6.07, 6.45) is 0. The molecule has 0 bridgehead atoms. The van der Waals surface area contributed by atoms with Crippen molar-refractivity contribution in [3.8, 4) is 0 Å². The van der Waals surface area contributed by atoms with Crippen LogP contribution in [0.2, 0.25) is 0 Å². The van der Waals surface area contributed by atoms with Gasteiger partial charge in [-0.25, -0.2) is 0 Å². The molecule has 0 saturated carbocycles. The van der Waals surface area contributed by atoms with Gasteiger partial charge in [-0.05, 0) is 12.7 Å². The Morgan fingerprint density at radius 2 is 1.09 bits per heavy atom. The number of rotatable bonds is 1. The van der Waals surface area contributed by atoms with Crippen molar-refractivity contribution < 1.29 is 25.9 Å². The minimum atomic E-state index is 0. The Morgan fingerprint density at radius 1 is 1.00 bits per heavy atom. The molecule has 0 rings (SSSR count). The molecule has 0 heterocycles. The molecule has 11 heavy (non-hydrogen) atoms. The van der Waals surface area contributed by atoms with Crippen LogP contribution in [-0.2, 0) is 25.9 Å². The molecule has 0 fully saturated rings. The van der Waals surface area contributed by atoms with E-state index in [4.69, 9.17) is 0 Å². The van der Waals surface area contributed by atoms with Crippen molar-refractivity contribution in [1.82, 2.24) is 0 Å². The SMILES string of the molecule is CC(=O)[C-](C)C.C[C-](C)C.[W+2]. The van der Waals surface area contributed by atoms with Crippen molar-refractivity contribution in [3.05, 3.63) is 11.8 Å². The smallest absolute Gasteiger partial charge is 0.334 e. The van der Waals surface area contributed by atoms with Crippen molar-refractivity contribution >= 4 is 5.78 Å². The van der Waals surface area contributed by atoms with Gasteiger partial charge in [0, 0.05) is 0 Å². The Hall–Kier alpha value is 0.228. The third kappa shape index (κ3) is 38.7. The second-order valence-electron chi connectivity index (χ2n) is 3.06. The summed E-state index contributed by atoms with van der Waals surface area (Å²) < 4.78 is 0. The fraction of sp³-hybridized carbons (Fsp3) is 0.667. The first-order valence-corrected chi connectivity index (χ1v) is 3.45. The van der Waals surface area contributed by atoms with E-state index < -0.39 is 0 Å². The zero-order valence-corrected chi connectivity index (χ0v) is 11.2. The summed E-state index contributed by atoms with van der Waals surface area (Å²) in [5.74, 6) is 2.46. The molecule has 0 unspecified atom stereocenters. The predicted molar refractivity (Wildman–Crippen MR) is 45.5 cm³/mol. The van der Waals surface area contributed by atoms with E-state index in [-0.39, 0.29) is 26.8 Å². The standard InChI is InChI=1S/C5H9O.C4H9.W/c1-4(2)5(3)6;1-4(2)3;/h1-3H3;1-3H3;/q2*-1;+2. The molecule has 0 aromatic rings. The topological polar surface area (TPSA) is 17.1 Å². The molecule has 0 amide bonds. The van der Waals surface area contributed by atoms with E-state index in [0.717, 1.165) is 5.92 Å². The minimum Gasteiger partial charge on any atom is -0.334 e. The molecule has 0 atom stereocenters. The van der Waals surface area contributed by atoms with Crippen molar-refractivity contribution in [2.24, 2.45) is 0 Å². The molecule has 0 saturated heterocycles. The van der Waals surface area contributed by atoms with Crippen molar-refractivity contribution in [2.45, 2.75) is 41.5 Å². The Balaban J connectivity index is -0.000000114. The summed E-state index contributed by atoms with van der Waals surface area (Å²) in [6, 6.07) is 0. The number of hydrogen-bond acceptors (Lipinski definition) is 1. The van der Waals surface area contributed by atoms with Gasteiger partial charge in [0.1, 0.15) is 0 Å². The van der Waals surface area contributed by atoms with Crippen LogP contribution < -0.4 is 0 Å². The van der Waals surface area contributed by atoms with E-state index in [0.29, 0.717) is 0 Å². The van der Waals surface area contributed by atoms with Crippen LogP contribution >= 0.6 is 0 Å². The second-order valence-corrected chi connectivity index (χ2v) is 3.06. The Labute approximate surface area is 85.2 Å². The summed E-state index contributed by atoms with van der Waals surface area (Å²) in [6.45, 7) is 11.4. The van der Waals surface area contributed by atoms with Gasteiger partial charge in [-0.2, -0.15) is 34.6 Å². The minimum absolute atomic E-state index is 0. The molecule has 0 aliphatic rings. The molecule has 66 valence electrons. The van der Waals surface area contributed by atoms with Gasteiger partial charge in [-0.15, -0.1) is 0 Å². The molecule has 0 aromatic heterocycles. The maximum Gasteiger partial charge on any atom is 2.00 e. The van der Waals surface area contributed by atoms with Gasteiger partial charge < -0.3 is 16.6 Å². The Kier molecular flexibility index (Phi) is 16.1. The number of Topliss-reactive ketones (excluding diaryl/α,β-unsaturated/α-hetero) is 1. The first-order chi connectivity index (χ1) is 4.37. The Bertz CT molecular complexity index is 84.8. The van der Waals surface area contributed by atoms with Crippen molar-refractivity contribution in [1.29, 1.82) is 0 Å². The molecule has 1 nitrogen and oxygen atoms in total. The van der Waals surface area contributed by atoms with E-state index in [1.54, 1.807) is 6.92 Å². The van der Waals surface area contributed by atoms with Gasteiger partial charge >= 0.3 is 21.1 Å². The van der Waals surface area contributed by atoms with Crippen molar-refractivity contribution in [3.63, 3.8) is 0 Å². The van der Waals surface area contributed by atoms with Gasteiger partial charge in [0.2, 0.25) is 0 Å². The summed E-state index contributed by atoms with van der Waals surface area (Å²) in [5.41, 5.74) is 0. The summed E-state index contributed by atoms with van der Waals surface area (Å²) in [5, 5.41) is 0. The van der Waals surface area contributed by atoms with E-state index in [1.165, 1.54) is 5.92 Å². The number of hydrogen-bond donors (Lipinski definition) is 0. The Morgan fingerprint density at radius 3 is 1.09 bits per heavy atom. The number of carbonyl (C=O) groups is 1. The second kappa shape index (κ2) is 10.2. The van der Waals surface area contributed by atoms with Crippen molar-refractivity contribution in [2.75, 3.05) is 0 Å². The van der Waals surface area contributed by atoms with E-state index in [1.807, 2.05) is 13.8 Å². The normalized spacial score (nSPS) is 7.55. The third-order valence-corrected chi connectivity index (χ3v) is 0.704. The zero-order valence-electron chi connectivity index (χ0n) is 8.32. The average Bonchev–Trinajstić information content (AvgIpc) is 1.63. The maximum absolute atomic E-state index is 10.1. The first kappa shape index (κ1) is 17.4. The van der Waals surface area contributed by atoms with E-state index >= 15 is 0 Å². The third-order valence-electron chi connectivity index (χ3n) is 0.704. The average molecular weight is 326 g/mol. The molecule has 0 N–H and O–H groups in total.